The van der Waals surface area contributed by atoms with Crippen LogP contribution in [-0.4, -0.2) is 12.6 Å². The van der Waals surface area contributed by atoms with Crippen molar-refractivity contribution in [2.75, 3.05) is 16.4 Å². The zero-order valence-electron chi connectivity index (χ0n) is 30.7. The van der Waals surface area contributed by atoms with E-state index in [1.54, 1.807) is 0 Å². The summed E-state index contributed by atoms with van der Waals surface area (Å²) in [5.74, 6) is -0.320. The molecule has 0 saturated carbocycles. The standard InChI is InChI=1S/C50H40N2O2/c1-4-54-49(53)43-32-44-47-40-28-18-17-27-39(40)46(52(36-23-13-7-14-24-36)37-25-15-8-16-26-37)33-45(47)50(2,3)48(44)41-30-29-38(31-42(41)43)51(34-19-9-5-10-20-34)35-21-11-6-12-22-35/h5-33H,4H2,1-3H3. The van der Waals surface area contributed by atoms with Gasteiger partial charge in [0.05, 0.1) is 17.9 Å². The molecule has 0 aliphatic heterocycles. The molecule has 54 heavy (non-hydrogen) atoms. The third-order valence-electron chi connectivity index (χ3n) is 10.8. The van der Waals surface area contributed by atoms with Crippen LogP contribution in [0.25, 0.3) is 32.7 Å². The minimum absolute atomic E-state index is 0.292. The molecule has 9 rings (SSSR count). The molecule has 0 saturated heterocycles. The molecule has 4 nitrogen and oxygen atoms in total. The minimum atomic E-state index is -0.395. The molecule has 0 fully saturated rings. The van der Waals surface area contributed by atoms with Crippen molar-refractivity contribution in [3.63, 3.8) is 0 Å². The molecule has 0 spiro atoms. The number of ether oxygens (including phenoxy) is 1. The van der Waals surface area contributed by atoms with Crippen LogP contribution in [0.1, 0.15) is 42.3 Å². The van der Waals surface area contributed by atoms with Crippen molar-refractivity contribution in [3.8, 4) is 11.1 Å². The smallest absolute Gasteiger partial charge is 0.338 e. The maximum Gasteiger partial charge on any atom is 0.338 e. The topological polar surface area (TPSA) is 32.8 Å². The van der Waals surface area contributed by atoms with Gasteiger partial charge in [0.25, 0.3) is 0 Å². The molecular weight excluding hydrogens is 661 g/mol. The van der Waals surface area contributed by atoms with Crippen LogP contribution in [-0.2, 0) is 10.2 Å². The quantitative estimate of drug-likeness (QED) is 0.148. The van der Waals surface area contributed by atoms with E-state index in [0.29, 0.717) is 12.2 Å². The third-order valence-corrected chi connectivity index (χ3v) is 10.8. The second kappa shape index (κ2) is 13.4. The van der Waals surface area contributed by atoms with E-state index >= 15 is 0 Å². The van der Waals surface area contributed by atoms with Gasteiger partial charge in [0.1, 0.15) is 0 Å². The van der Waals surface area contributed by atoms with E-state index in [0.717, 1.165) is 61.2 Å². The number of nitrogens with zero attached hydrogens (tertiary/aromatic N) is 2. The number of carbonyl (C=O) groups excluding carboxylic acids is 1. The van der Waals surface area contributed by atoms with Crippen LogP contribution in [0.2, 0.25) is 0 Å². The van der Waals surface area contributed by atoms with Crippen molar-refractivity contribution in [2.45, 2.75) is 26.2 Å². The molecule has 0 heterocycles. The Morgan fingerprint density at radius 3 is 1.56 bits per heavy atom. The van der Waals surface area contributed by atoms with Gasteiger partial charge in [-0.1, -0.05) is 117 Å². The summed E-state index contributed by atoms with van der Waals surface area (Å²) in [6.45, 7) is 6.80. The van der Waals surface area contributed by atoms with Gasteiger partial charge in [-0.05, 0) is 118 Å². The summed E-state index contributed by atoms with van der Waals surface area (Å²) in [6, 6.07) is 61.6. The zero-order valence-corrected chi connectivity index (χ0v) is 30.7. The van der Waals surface area contributed by atoms with Gasteiger partial charge in [-0.3, -0.25) is 0 Å². The highest BCUT2D eigenvalue weighted by atomic mass is 16.5. The molecule has 1 aliphatic rings. The van der Waals surface area contributed by atoms with Gasteiger partial charge in [0, 0.05) is 39.2 Å². The molecule has 0 aromatic heterocycles. The molecule has 0 amide bonds. The molecule has 8 aromatic rings. The molecule has 0 N–H and O–H groups in total. The van der Waals surface area contributed by atoms with Crippen molar-refractivity contribution in [1.29, 1.82) is 0 Å². The average Bonchev–Trinajstić information content (AvgIpc) is 3.45. The van der Waals surface area contributed by atoms with Crippen LogP contribution in [0.3, 0.4) is 0 Å². The summed E-state index contributed by atoms with van der Waals surface area (Å²) in [7, 11) is 0. The number of hydrogen-bond acceptors (Lipinski definition) is 4. The first-order chi connectivity index (χ1) is 26.5. The normalized spacial score (nSPS) is 12.6. The van der Waals surface area contributed by atoms with Gasteiger partial charge < -0.3 is 14.5 Å². The monoisotopic (exact) mass is 700 g/mol. The van der Waals surface area contributed by atoms with Crippen molar-refractivity contribution in [1.82, 2.24) is 0 Å². The number of fused-ring (bicyclic) bond motifs is 7. The Kier molecular flexibility index (Phi) is 8.24. The highest BCUT2D eigenvalue weighted by Gasteiger charge is 2.40. The van der Waals surface area contributed by atoms with Crippen LogP contribution in [0, 0.1) is 0 Å². The highest BCUT2D eigenvalue weighted by molar-refractivity contribution is 6.16. The first-order valence-corrected chi connectivity index (χ1v) is 18.6. The van der Waals surface area contributed by atoms with E-state index in [4.69, 9.17) is 4.74 Å². The lowest BCUT2D eigenvalue weighted by molar-refractivity contribution is 0.0528. The maximum atomic E-state index is 14.0. The Bertz CT molecular complexity index is 2580. The molecule has 0 bridgehead atoms. The number of benzene rings is 8. The summed E-state index contributed by atoms with van der Waals surface area (Å²) < 4.78 is 5.78. The molecule has 0 radical (unpaired) electrons. The van der Waals surface area contributed by atoms with E-state index in [2.05, 4.69) is 187 Å². The Hall–Kier alpha value is -6.65. The number of hydrogen-bond donors (Lipinski definition) is 0. The van der Waals surface area contributed by atoms with Crippen molar-refractivity contribution in [2.24, 2.45) is 0 Å². The Labute approximate surface area is 316 Å². The van der Waals surface area contributed by atoms with E-state index in [-0.39, 0.29) is 5.97 Å². The van der Waals surface area contributed by atoms with E-state index in [1.807, 2.05) is 19.1 Å². The number of rotatable bonds is 8. The zero-order chi connectivity index (χ0) is 36.8. The highest BCUT2D eigenvalue weighted by Crippen LogP contribution is 2.57. The van der Waals surface area contributed by atoms with Crippen LogP contribution < -0.4 is 9.80 Å². The predicted octanol–water partition coefficient (Wildman–Crippen LogP) is 13.4. The van der Waals surface area contributed by atoms with Crippen LogP contribution in [0.4, 0.5) is 34.1 Å². The molecule has 4 heteroatoms. The lowest BCUT2D eigenvalue weighted by Crippen LogP contribution is -2.18. The Balaban J connectivity index is 1.32. The maximum absolute atomic E-state index is 14.0. The van der Waals surface area contributed by atoms with Crippen LogP contribution in [0.15, 0.2) is 176 Å². The number of esters is 1. The molecule has 1 aliphatic carbocycles. The summed E-state index contributed by atoms with van der Waals surface area (Å²) >= 11 is 0. The first-order valence-electron chi connectivity index (χ1n) is 18.6. The SMILES string of the molecule is CCOC(=O)c1cc2c(c3ccc(N(c4ccccc4)c4ccccc4)cc13)C(C)(C)c1cc(N(c3ccccc3)c3ccccc3)c3ccccc3c1-2. The molecule has 8 aromatic carbocycles. The fourth-order valence-electron chi connectivity index (χ4n) is 8.44. The van der Waals surface area contributed by atoms with Gasteiger partial charge in [0.2, 0.25) is 0 Å². The van der Waals surface area contributed by atoms with Gasteiger partial charge in [0.15, 0.2) is 0 Å². The van der Waals surface area contributed by atoms with Gasteiger partial charge in [-0.2, -0.15) is 0 Å². The second-order valence-electron chi connectivity index (χ2n) is 14.3. The summed E-state index contributed by atoms with van der Waals surface area (Å²) in [5.41, 5.74) is 11.2. The van der Waals surface area contributed by atoms with Crippen molar-refractivity contribution < 1.29 is 9.53 Å². The lowest BCUT2D eigenvalue weighted by atomic mass is 9.79. The second-order valence-corrected chi connectivity index (χ2v) is 14.3. The number of para-hydroxylation sites is 4. The minimum Gasteiger partial charge on any atom is -0.462 e. The summed E-state index contributed by atoms with van der Waals surface area (Å²) in [6.07, 6.45) is 0. The fourth-order valence-corrected chi connectivity index (χ4v) is 8.44. The molecular formula is C50H40N2O2. The molecule has 0 unspecified atom stereocenters. The summed E-state index contributed by atoms with van der Waals surface area (Å²) in [4.78, 5) is 18.6. The number of carbonyl (C=O) groups is 1. The van der Waals surface area contributed by atoms with E-state index in [9.17, 15) is 4.79 Å². The van der Waals surface area contributed by atoms with Crippen molar-refractivity contribution in [3.05, 3.63) is 193 Å². The Morgan fingerprint density at radius 2 is 1.02 bits per heavy atom. The molecule has 0 atom stereocenters. The number of anilines is 6. The van der Waals surface area contributed by atoms with Crippen molar-refractivity contribution >= 4 is 61.6 Å². The predicted molar refractivity (Wildman–Crippen MR) is 224 cm³/mol. The summed E-state index contributed by atoms with van der Waals surface area (Å²) in [5, 5.41) is 4.22. The van der Waals surface area contributed by atoms with Crippen LogP contribution in [0.5, 0.6) is 0 Å². The van der Waals surface area contributed by atoms with Gasteiger partial charge in [-0.25, -0.2) is 4.79 Å². The first kappa shape index (κ1) is 33.2. The average molecular weight is 701 g/mol. The van der Waals surface area contributed by atoms with Gasteiger partial charge >= 0.3 is 5.97 Å². The van der Waals surface area contributed by atoms with Gasteiger partial charge in [-0.15, -0.1) is 0 Å². The van der Waals surface area contributed by atoms with E-state index in [1.165, 1.54) is 16.7 Å². The Morgan fingerprint density at radius 1 is 0.519 bits per heavy atom. The largest absolute Gasteiger partial charge is 0.462 e. The van der Waals surface area contributed by atoms with Crippen LogP contribution >= 0.6 is 0 Å². The molecule has 262 valence electrons. The van der Waals surface area contributed by atoms with E-state index < -0.39 is 5.41 Å². The third kappa shape index (κ3) is 5.41. The fraction of sp³-hybridized carbons (Fsp3) is 0.100. The lowest BCUT2D eigenvalue weighted by Gasteiger charge is -2.30.